The van der Waals surface area contributed by atoms with Gasteiger partial charge >= 0.3 is 0 Å². The zero-order chi connectivity index (χ0) is 14.0. The quantitative estimate of drug-likeness (QED) is 0.788. The number of phenolic OH excluding ortho intramolecular Hbond substituents is 1. The van der Waals surface area contributed by atoms with Crippen molar-refractivity contribution in [1.29, 1.82) is 0 Å². The standard InChI is InChI=1S/C15H23BrN2O.2ClH/c1-15(2,3)14(18-8-6-17-7-9-18)12-10-11(19)4-5-13(12)16;;/h4-5,10,14,17,19H,6-9H2,1-3H3;2*1H/t14-;;/m1../s1. The first kappa shape index (κ1) is 21.0. The second-order valence-corrected chi connectivity index (χ2v) is 7.11. The zero-order valence-electron chi connectivity index (χ0n) is 12.7. The van der Waals surface area contributed by atoms with Gasteiger partial charge in [-0.2, -0.15) is 0 Å². The monoisotopic (exact) mass is 398 g/mol. The SMILES string of the molecule is CC(C)(C)[C@@H](c1cc(O)ccc1Br)N1CCNCC1.Cl.Cl. The maximum Gasteiger partial charge on any atom is 0.115 e. The van der Waals surface area contributed by atoms with Crippen LogP contribution in [0.2, 0.25) is 0 Å². The first-order valence-corrected chi connectivity index (χ1v) is 7.62. The molecule has 21 heavy (non-hydrogen) atoms. The van der Waals surface area contributed by atoms with Gasteiger partial charge in [-0.1, -0.05) is 36.7 Å². The number of aromatic hydroxyl groups is 1. The van der Waals surface area contributed by atoms with Crippen LogP contribution in [0.15, 0.2) is 22.7 Å². The molecule has 0 amide bonds. The minimum absolute atomic E-state index is 0. The first-order chi connectivity index (χ1) is 8.89. The second-order valence-electron chi connectivity index (χ2n) is 6.26. The van der Waals surface area contributed by atoms with Crippen molar-refractivity contribution >= 4 is 40.7 Å². The Balaban J connectivity index is 0.00000200. The summed E-state index contributed by atoms with van der Waals surface area (Å²) in [6.07, 6.45) is 0. The van der Waals surface area contributed by atoms with Crippen molar-refractivity contribution in [2.75, 3.05) is 26.2 Å². The molecule has 0 aromatic heterocycles. The maximum atomic E-state index is 9.80. The molecule has 122 valence electrons. The Morgan fingerprint density at radius 1 is 1.19 bits per heavy atom. The van der Waals surface area contributed by atoms with E-state index in [1.165, 1.54) is 5.56 Å². The normalized spacial score (nSPS) is 17.5. The van der Waals surface area contributed by atoms with Gasteiger partial charge in [-0.15, -0.1) is 24.8 Å². The van der Waals surface area contributed by atoms with Crippen molar-refractivity contribution in [2.24, 2.45) is 5.41 Å². The molecule has 2 N–H and O–H groups in total. The van der Waals surface area contributed by atoms with E-state index in [0.717, 1.165) is 30.7 Å². The maximum absolute atomic E-state index is 9.80. The molecule has 0 radical (unpaired) electrons. The molecule has 6 heteroatoms. The molecule has 0 aliphatic carbocycles. The van der Waals surface area contributed by atoms with E-state index in [1.807, 2.05) is 12.1 Å². The molecule has 0 bridgehead atoms. The molecule has 1 aromatic rings. The highest BCUT2D eigenvalue weighted by Gasteiger charge is 2.33. The number of nitrogens with one attached hydrogen (secondary N) is 1. The van der Waals surface area contributed by atoms with Gasteiger partial charge in [0.25, 0.3) is 0 Å². The molecule has 0 spiro atoms. The summed E-state index contributed by atoms with van der Waals surface area (Å²) in [4.78, 5) is 2.51. The topological polar surface area (TPSA) is 35.5 Å². The van der Waals surface area contributed by atoms with Crippen LogP contribution in [0.5, 0.6) is 5.75 Å². The predicted molar refractivity (Wildman–Crippen MR) is 96.9 cm³/mol. The van der Waals surface area contributed by atoms with Crippen molar-refractivity contribution in [2.45, 2.75) is 26.8 Å². The third kappa shape index (κ3) is 5.29. The number of benzene rings is 1. The lowest BCUT2D eigenvalue weighted by molar-refractivity contribution is 0.0856. The van der Waals surface area contributed by atoms with Gasteiger partial charge in [0.1, 0.15) is 5.75 Å². The lowest BCUT2D eigenvalue weighted by Crippen LogP contribution is -2.48. The van der Waals surface area contributed by atoms with Crippen LogP contribution in [-0.4, -0.2) is 36.2 Å². The summed E-state index contributed by atoms with van der Waals surface area (Å²) in [5.41, 5.74) is 1.29. The average molecular weight is 400 g/mol. The summed E-state index contributed by atoms with van der Waals surface area (Å²) in [7, 11) is 0. The first-order valence-electron chi connectivity index (χ1n) is 6.83. The molecule has 3 nitrogen and oxygen atoms in total. The van der Waals surface area contributed by atoms with Crippen molar-refractivity contribution < 1.29 is 5.11 Å². The van der Waals surface area contributed by atoms with Crippen molar-refractivity contribution in [1.82, 2.24) is 10.2 Å². The van der Waals surface area contributed by atoms with Crippen LogP contribution in [0.1, 0.15) is 32.4 Å². The fraction of sp³-hybridized carbons (Fsp3) is 0.600. The van der Waals surface area contributed by atoms with Gasteiger partial charge in [-0.05, 0) is 29.2 Å². The van der Waals surface area contributed by atoms with Gasteiger partial charge in [0.05, 0.1) is 0 Å². The van der Waals surface area contributed by atoms with E-state index in [-0.39, 0.29) is 30.2 Å². The Labute approximate surface area is 148 Å². The Bertz CT molecular complexity index is 446. The molecule has 1 aliphatic heterocycles. The van der Waals surface area contributed by atoms with Crippen LogP contribution in [0, 0.1) is 5.41 Å². The largest absolute Gasteiger partial charge is 0.508 e. The highest BCUT2D eigenvalue weighted by atomic mass is 79.9. The van der Waals surface area contributed by atoms with Crippen LogP contribution < -0.4 is 5.32 Å². The summed E-state index contributed by atoms with van der Waals surface area (Å²) in [5, 5.41) is 13.2. The minimum atomic E-state index is 0. The summed E-state index contributed by atoms with van der Waals surface area (Å²) in [6.45, 7) is 10.9. The number of halogens is 3. The molecule has 1 saturated heterocycles. The van der Waals surface area contributed by atoms with Gasteiger partial charge < -0.3 is 10.4 Å². The predicted octanol–water partition coefficient (Wildman–Crippen LogP) is 3.99. The number of hydrogen-bond donors (Lipinski definition) is 2. The molecule has 0 saturated carbocycles. The van der Waals surface area contributed by atoms with Crippen molar-refractivity contribution in [3.63, 3.8) is 0 Å². The Kier molecular flexibility index (Phi) is 8.59. The molecule has 0 unspecified atom stereocenters. The van der Waals surface area contributed by atoms with Gasteiger partial charge in [0, 0.05) is 36.7 Å². The summed E-state index contributed by atoms with van der Waals surface area (Å²) < 4.78 is 1.07. The second kappa shape index (κ2) is 8.59. The molecule has 1 aliphatic rings. The third-order valence-electron chi connectivity index (χ3n) is 3.61. The minimum Gasteiger partial charge on any atom is -0.508 e. The fourth-order valence-corrected chi connectivity index (χ4v) is 3.36. The number of piperazine rings is 1. The fourth-order valence-electron chi connectivity index (χ4n) is 2.89. The molecule has 1 heterocycles. The van der Waals surface area contributed by atoms with Crippen LogP contribution in [0.3, 0.4) is 0 Å². The molecule has 1 atom stereocenters. The molecule has 2 rings (SSSR count). The van der Waals surface area contributed by atoms with Gasteiger partial charge in [-0.3, -0.25) is 4.90 Å². The Morgan fingerprint density at radius 3 is 2.29 bits per heavy atom. The van der Waals surface area contributed by atoms with Gasteiger partial charge in [0.2, 0.25) is 0 Å². The van der Waals surface area contributed by atoms with E-state index in [1.54, 1.807) is 6.07 Å². The lowest BCUT2D eigenvalue weighted by atomic mass is 9.81. The van der Waals surface area contributed by atoms with E-state index < -0.39 is 0 Å². The molecular formula is C15H25BrCl2N2O. The highest BCUT2D eigenvalue weighted by molar-refractivity contribution is 9.10. The summed E-state index contributed by atoms with van der Waals surface area (Å²) >= 11 is 3.64. The van der Waals surface area contributed by atoms with E-state index >= 15 is 0 Å². The summed E-state index contributed by atoms with van der Waals surface area (Å²) in [6, 6.07) is 5.86. The van der Waals surface area contributed by atoms with Gasteiger partial charge in [0.15, 0.2) is 0 Å². The van der Waals surface area contributed by atoms with Crippen molar-refractivity contribution in [3.8, 4) is 5.75 Å². The molecule has 1 aromatic carbocycles. The number of rotatable bonds is 2. The van der Waals surface area contributed by atoms with E-state index in [4.69, 9.17) is 0 Å². The van der Waals surface area contributed by atoms with Crippen LogP contribution in [0.4, 0.5) is 0 Å². The van der Waals surface area contributed by atoms with E-state index in [2.05, 4.69) is 46.9 Å². The van der Waals surface area contributed by atoms with E-state index in [0.29, 0.717) is 11.8 Å². The van der Waals surface area contributed by atoms with Crippen LogP contribution in [0.25, 0.3) is 0 Å². The molecular weight excluding hydrogens is 375 g/mol. The van der Waals surface area contributed by atoms with Crippen LogP contribution in [-0.2, 0) is 0 Å². The summed E-state index contributed by atoms with van der Waals surface area (Å²) in [5.74, 6) is 0.336. The Hall–Kier alpha value is -0.000000000000000222. The van der Waals surface area contributed by atoms with E-state index in [9.17, 15) is 5.11 Å². The number of hydrogen-bond acceptors (Lipinski definition) is 3. The zero-order valence-corrected chi connectivity index (χ0v) is 15.9. The van der Waals surface area contributed by atoms with Crippen molar-refractivity contribution in [3.05, 3.63) is 28.2 Å². The third-order valence-corrected chi connectivity index (χ3v) is 4.33. The number of phenols is 1. The molecule has 1 fully saturated rings. The smallest absolute Gasteiger partial charge is 0.115 e. The average Bonchev–Trinajstić information content (AvgIpc) is 2.33. The lowest BCUT2D eigenvalue weighted by Gasteiger charge is -2.43. The Morgan fingerprint density at radius 2 is 1.76 bits per heavy atom. The van der Waals surface area contributed by atoms with Crippen LogP contribution >= 0.6 is 40.7 Å². The van der Waals surface area contributed by atoms with Gasteiger partial charge in [-0.25, -0.2) is 0 Å². The number of nitrogens with zero attached hydrogens (tertiary/aromatic N) is 1. The highest BCUT2D eigenvalue weighted by Crippen LogP contribution is 2.42.